The molecule has 1 aromatic heterocycles. The minimum atomic E-state index is -0.205. The number of nitrogens with two attached hydrogens (primary N) is 1. The van der Waals surface area contributed by atoms with E-state index in [1.54, 1.807) is 7.11 Å². The second-order valence-corrected chi connectivity index (χ2v) is 5.67. The molecule has 1 amide bonds. The Labute approximate surface area is 156 Å². The van der Waals surface area contributed by atoms with Crippen LogP contribution in [0.1, 0.15) is 5.56 Å². The van der Waals surface area contributed by atoms with Gasteiger partial charge < -0.3 is 15.8 Å². The van der Waals surface area contributed by atoms with Crippen LogP contribution >= 0.6 is 0 Å². The number of hydrazine groups is 1. The number of benzene rings is 2. The number of nitrogens with zero attached hydrogens (tertiary/aromatic N) is 2. The highest BCUT2D eigenvalue weighted by atomic mass is 16.5. The Hall–Kier alpha value is -3.81. The molecule has 3 aromatic rings. The van der Waals surface area contributed by atoms with Crippen molar-refractivity contribution < 1.29 is 9.53 Å². The maximum Gasteiger partial charge on any atom is 0.242 e. The van der Waals surface area contributed by atoms with E-state index in [4.69, 9.17) is 10.5 Å². The van der Waals surface area contributed by atoms with Gasteiger partial charge in [-0.2, -0.15) is 0 Å². The first-order valence-corrected chi connectivity index (χ1v) is 8.26. The van der Waals surface area contributed by atoms with E-state index in [9.17, 15) is 4.79 Å². The number of hydrogen-bond donors (Lipinski definition) is 4. The van der Waals surface area contributed by atoms with Crippen molar-refractivity contribution in [1.29, 1.82) is 0 Å². The lowest BCUT2D eigenvalue weighted by Crippen LogP contribution is -2.31. The van der Waals surface area contributed by atoms with E-state index in [1.165, 1.54) is 6.33 Å². The van der Waals surface area contributed by atoms with Crippen LogP contribution in [-0.4, -0.2) is 23.0 Å². The van der Waals surface area contributed by atoms with Crippen LogP contribution in [0, 0.1) is 0 Å². The summed E-state index contributed by atoms with van der Waals surface area (Å²) in [5.74, 6) is 1.28. The zero-order valence-electron chi connectivity index (χ0n) is 14.8. The molecule has 0 aliphatic carbocycles. The van der Waals surface area contributed by atoms with Crippen molar-refractivity contribution in [1.82, 2.24) is 15.4 Å². The van der Waals surface area contributed by atoms with Gasteiger partial charge in [-0.25, -0.2) is 9.97 Å². The summed E-state index contributed by atoms with van der Waals surface area (Å²) in [5.41, 5.74) is 13.4. The largest absolute Gasteiger partial charge is 0.497 e. The molecule has 0 aliphatic rings. The number of hydrogen-bond acceptors (Lipinski definition) is 7. The Bertz CT molecular complexity index is 900. The molecule has 0 radical (unpaired) electrons. The molecule has 1 heterocycles. The number of nitrogen functional groups attached to an aromatic ring is 1. The van der Waals surface area contributed by atoms with E-state index in [-0.39, 0.29) is 18.0 Å². The van der Waals surface area contributed by atoms with Crippen molar-refractivity contribution in [2.75, 3.05) is 23.6 Å². The third-order valence-corrected chi connectivity index (χ3v) is 3.76. The third-order valence-electron chi connectivity index (χ3n) is 3.76. The first-order valence-electron chi connectivity index (χ1n) is 8.26. The van der Waals surface area contributed by atoms with Gasteiger partial charge in [-0.15, -0.1) is 0 Å². The molecule has 2 aromatic carbocycles. The Kier molecular flexibility index (Phi) is 5.68. The van der Waals surface area contributed by atoms with Gasteiger partial charge in [0.25, 0.3) is 0 Å². The van der Waals surface area contributed by atoms with E-state index in [0.29, 0.717) is 11.6 Å². The lowest BCUT2D eigenvalue weighted by molar-refractivity contribution is -0.119. The number of nitrogens with one attached hydrogen (secondary N) is 3. The fourth-order valence-corrected chi connectivity index (χ4v) is 2.36. The van der Waals surface area contributed by atoms with Gasteiger partial charge in [-0.1, -0.05) is 30.3 Å². The summed E-state index contributed by atoms with van der Waals surface area (Å²) in [7, 11) is 1.61. The van der Waals surface area contributed by atoms with Crippen LogP contribution in [0.2, 0.25) is 0 Å². The second-order valence-electron chi connectivity index (χ2n) is 5.67. The quantitative estimate of drug-likeness (QED) is 0.476. The standard InChI is InChI=1S/C19H20N6O2/c1-27-15-9-7-14(8-10-15)23-18-17(20)19(22-12-21-18)25-24-16(26)11-13-5-3-2-4-6-13/h2-10,12H,11,20H2,1H3,(H,24,26)(H2,21,22,23,25). The number of rotatable bonds is 7. The summed E-state index contributed by atoms with van der Waals surface area (Å²) in [6, 6.07) is 16.8. The van der Waals surface area contributed by atoms with Gasteiger partial charge in [0.2, 0.25) is 5.91 Å². The Morgan fingerprint density at radius 2 is 1.74 bits per heavy atom. The monoisotopic (exact) mass is 364 g/mol. The van der Waals surface area contributed by atoms with Gasteiger partial charge in [-0.05, 0) is 29.8 Å². The number of carbonyl (C=O) groups excluding carboxylic acids is 1. The lowest BCUT2D eigenvalue weighted by Gasteiger charge is -2.13. The molecule has 0 atom stereocenters. The van der Waals surface area contributed by atoms with Crippen LogP contribution in [0.3, 0.4) is 0 Å². The van der Waals surface area contributed by atoms with E-state index in [2.05, 4.69) is 26.1 Å². The van der Waals surface area contributed by atoms with E-state index in [0.717, 1.165) is 17.0 Å². The molecule has 0 aliphatic heterocycles. The Balaban J connectivity index is 1.62. The minimum absolute atomic E-state index is 0.205. The number of carbonyl (C=O) groups is 1. The minimum Gasteiger partial charge on any atom is -0.497 e. The molecule has 5 N–H and O–H groups in total. The number of anilines is 4. The van der Waals surface area contributed by atoms with Crippen molar-refractivity contribution in [3.63, 3.8) is 0 Å². The highest BCUT2D eigenvalue weighted by molar-refractivity contribution is 5.82. The van der Waals surface area contributed by atoms with Gasteiger partial charge in [-0.3, -0.25) is 15.6 Å². The summed E-state index contributed by atoms with van der Waals surface area (Å²) >= 11 is 0. The van der Waals surface area contributed by atoms with E-state index in [1.807, 2.05) is 54.6 Å². The number of amides is 1. The summed E-state index contributed by atoms with van der Waals surface area (Å²) in [5, 5.41) is 3.11. The summed E-state index contributed by atoms with van der Waals surface area (Å²) < 4.78 is 5.13. The molecular formula is C19H20N6O2. The van der Waals surface area contributed by atoms with Gasteiger partial charge >= 0.3 is 0 Å². The van der Waals surface area contributed by atoms with Crippen LogP contribution in [0.5, 0.6) is 5.75 Å². The summed E-state index contributed by atoms with van der Waals surface area (Å²) in [4.78, 5) is 20.3. The average molecular weight is 364 g/mol. The topological polar surface area (TPSA) is 114 Å². The normalized spacial score (nSPS) is 10.1. The highest BCUT2D eigenvalue weighted by Crippen LogP contribution is 2.26. The number of aromatic nitrogens is 2. The first-order chi connectivity index (χ1) is 13.2. The maximum absolute atomic E-state index is 12.0. The predicted molar refractivity (Wildman–Crippen MR) is 105 cm³/mol. The Morgan fingerprint density at radius 3 is 2.44 bits per heavy atom. The van der Waals surface area contributed by atoms with Gasteiger partial charge in [0.05, 0.1) is 13.5 Å². The van der Waals surface area contributed by atoms with Gasteiger partial charge in [0.1, 0.15) is 17.8 Å². The molecule has 8 nitrogen and oxygen atoms in total. The molecule has 0 saturated heterocycles. The number of ether oxygens (including phenoxy) is 1. The zero-order valence-corrected chi connectivity index (χ0v) is 14.8. The van der Waals surface area contributed by atoms with Crippen molar-refractivity contribution in [3.05, 3.63) is 66.5 Å². The molecule has 0 bridgehead atoms. The molecule has 0 saturated carbocycles. The Morgan fingerprint density at radius 1 is 1.04 bits per heavy atom. The van der Waals surface area contributed by atoms with Crippen molar-refractivity contribution in [2.45, 2.75) is 6.42 Å². The first kappa shape index (κ1) is 18.0. The number of methoxy groups -OCH3 is 1. The van der Waals surface area contributed by atoms with E-state index < -0.39 is 0 Å². The van der Waals surface area contributed by atoms with Gasteiger partial charge in [0, 0.05) is 5.69 Å². The molecule has 3 rings (SSSR count). The van der Waals surface area contributed by atoms with Crippen molar-refractivity contribution in [2.24, 2.45) is 0 Å². The SMILES string of the molecule is COc1ccc(Nc2ncnc(NNC(=O)Cc3ccccc3)c2N)cc1. The smallest absolute Gasteiger partial charge is 0.242 e. The highest BCUT2D eigenvalue weighted by Gasteiger charge is 2.10. The second kappa shape index (κ2) is 8.52. The van der Waals surface area contributed by atoms with Crippen molar-refractivity contribution >= 4 is 28.9 Å². The van der Waals surface area contributed by atoms with Crippen LogP contribution in [-0.2, 0) is 11.2 Å². The van der Waals surface area contributed by atoms with Crippen molar-refractivity contribution in [3.8, 4) is 5.75 Å². The summed E-state index contributed by atoms with van der Waals surface area (Å²) in [6.45, 7) is 0. The molecule has 27 heavy (non-hydrogen) atoms. The average Bonchev–Trinajstić information content (AvgIpc) is 2.70. The molecule has 0 unspecified atom stereocenters. The maximum atomic E-state index is 12.0. The van der Waals surface area contributed by atoms with Crippen LogP contribution in [0.25, 0.3) is 0 Å². The zero-order chi connectivity index (χ0) is 19.1. The predicted octanol–water partition coefficient (Wildman–Crippen LogP) is 2.50. The molecule has 0 spiro atoms. The van der Waals surface area contributed by atoms with Crippen LogP contribution in [0.15, 0.2) is 60.9 Å². The molecule has 8 heteroatoms. The fourth-order valence-electron chi connectivity index (χ4n) is 2.36. The third kappa shape index (κ3) is 4.85. The van der Waals surface area contributed by atoms with E-state index >= 15 is 0 Å². The lowest BCUT2D eigenvalue weighted by atomic mass is 10.1. The van der Waals surface area contributed by atoms with Crippen LogP contribution < -0.4 is 26.6 Å². The molecule has 0 fully saturated rings. The van der Waals surface area contributed by atoms with Gasteiger partial charge in [0.15, 0.2) is 11.6 Å². The fraction of sp³-hybridized carbons (Fsp3) is 0.105. The van der Waals surface area contributed by atoms with Crippen LogP contribution in [0.4, 0.5) is 23.0 Å². The summed E-state index contributed by atoms with van der Waals surface area (Å²) in [6.07, 6.45) is 1.60. The molecular weight excluding hydrogens is 344 g/mol. The molecule has 138 valence electrons.